The maximum atomic E-state index is 5.69. The summed E-state index contributed by atoms with van der Waals surface area (Å²) >= 11 is 1.84. The third-order valence-corrected chi connectivity index (χ3v) is 4.67. The van der Waals surface area contributed by atoms with Crippen LogP contribution >= 0.6 is 11.3 Å². The van der Waals surface area contributed by atoms with Gasteiger partial charge in [0.2, 0.25) is 5.96 Å². The number of fused-ring (bicyclic) bond motifs is 1. The van der Waals surface area contributed by atoms with Gasteiger partial charge in [0, 0.05) is 11.4 Å². The number of aliphatic imine (C=N–C) groups is 1. The topological polar surface area (TPSA) is 53.6 Å². The van der Waals surface area contributed by atoms with Crippen molar-refractivity contribution in [1.82, 2.24) is 10.3 Å². The van der Waals surface area contributed by atoms with Gasteiger partial charge in [-0.15, -0.1) is 11.3 Å². The first-order valence-corrected chi connectivity index (χ1v) is 7.61. The van der Waals surface area contributed by atoms with E-state index in [9.17, 15) is 0 Å². The van der Waals surface area contributed by atoms with E-state index in [1.54, 1.807) is 0 Å². The highest BCUT2D eigenvalue weighted by Gasteiger charge is 2.26. The monoisotopic (exact) mass is 286 g/mol. The third-order valence-electron chi connectivity index (χ3n) is 3.67. The van der Waals surface area contributed by atoms with Crippen LogP contribution in [0.1, 0.15) is 23.4 Å². The molecule has 4 nitrogen and oxygen atoms in total. The van der Waals surface area contributed by atoms with Crippen LogP contribution in [0.5, 0.6) is 0 Å². The minimum absolute atomic E-state index is 0.295. The number of guanidine groups is 1. The average Bonchev–Trinajstić information content (AvgIpc) is 2.96. The van der Waals surface area contributed by atoms with Crippen LogP contribution in [0.15, 0.2) is 46.8 Å². The second kappa shape index (κ2) is 5.64. The summed E-state index contributed by atoms with van der Waals surface area (Å²) in [6, 6.07) is 12.4. The Morgan fingerprint density at radius 2 is 2.15 bits per heavy atom. The lowest BCUT2D eigenvalue weighted by Crippen LogP contribution is -2.48. The van der Waals surface area contributed by atoms with Gasteiger partial charge in [-0.2, -0.15) is 0 Å². The van der Waals surface area contributed by atoms with E-state index >= 15 is 0 Å². The van der Waals surface area contributed by atoms with E-state index in [-0.39, 0.29) is 0 Å². The molecule has 5 heteroatoms. The van der Waals surface area contributed by atoms with Gasteiger partial charge in [0.1, 0.15) is 0 Å². The van der Waals surface area contributed by atoms with Crippen molar-refractivity contribution in [2.45, 2.75) is 19.4 Å². The molecule has 1 aromatic heterocycles. The fourth-order valence-corrected chi connectivity index (χ4v) is 3.57. The molecule has 0 radical (unpaired) electrons. The molecule has 0 fully saturated rings. The van der Waals surface area contributed by atoms with Crippen molar-refractivity contribution in [3.63, 3.8) is 0 Å². The third kappa shape index (κ3) is 2.42. The lowest BCUT2D eigenvalue weighted by Gasteiger charge is -2.35. The van der Waals surface area contributed by atoms with Crippen LogP contribution in [0.4, 0.5) is 5.69 Å². The van der Waals surface area contributed by atoms with Crippen molar-refractivity contribution in [3.05, 3.63) is 52.2 Å². The standard InChI is InChI=1S/C15H18N4S/c1-11-13-8-10-20-14(13)7-9-19(11)15(18-16)17-12-5-3-2-4-6-12/h2-6,8,10-11H,7,9,16H2,1H3,(H,17,18). The lowest BCUT2D eigenvalue weighted by molar-refractivity contribution is 0.311. The number of nitrogens with zero attached hydrogens (tertiary/aromatic N) is 2. The molecule has 0 bridgehead atoms. The van der Waals surface area contributed by atoms with Crippen LogP contribution in [-0.4, -0.2) is 17.4 Å². The number of rotatable bonds is 1. The molecule has 0 saturated heterocycles. The Hall–Kier alpha value is -1.85. The molecule has 0 spiro atoms. The quantitative estimate of drug-likeness (QED) is 0.367. The predicted molar refractivity (Wildman–Crippen MR) is 84.0 cm³/mol. The summed E-state index contributed by atoms with van der Waals surface area (Å²) in [7, 11) is 0. The number of para-hydroxylation sites is 1. The van der Waals surface area contributed by atoms with Gasteiger partial charge >= 0.3 is 0 Å². The fraction of sp³-hybridized carbons (Fsp3) is 0.267. The summed E-state index contributed by atoms with van der Waals surface area (Å²) in [5.74, 6) is 6.41. The van der Waals surface area contributed by atoms with Crippen molar-refractivity contribution in [3.8, 4) is 0 Å². The van der Waals surface area contributed by atoms with Gasteiger partial charge in [-0.25, -0.2) is 10.8 Å². The molecule has 3 N–H and O–H groups in total. The zero-order valence-corrected chi connectivity index (χ0v) is 12.2. The second-order valence-corrected chi connectivity index (χ2v) is 5.83. The van der Waals surface area contributed by atoms with E-state index in [4.69, 9.17) is 5.84 Å². The predicted octanol–water partition coefficient (Wildman–Crippen LogP) is 2.82. The van der Waals surface area contributed by atoms with E-state index < -0.39 is 0 Å². The van der Waals surface area contributed by atoms with Crippen molar-refractivity contribution < 1.29 is 0 Å². The summed E-state index contributed by atoms with van der Waals surface area (Å²) < 4.78 is 0. The number of benzene rings is 1. The Kier molecular flexibility index (Phi) is 3.71. The van der Waals surface area contributed by atoms with Gasteiger partial charge < -0.3 is 4.90 Å². The smallest absolute Gasteiger partial charge is 0.214 e. The minimum atomic E-state index is 0.295. The van der Waals surface area contributed by atoms with E-state index in [0.29, 0.717) is 6.04 Å². The largest absolute Gasteiger partial charge is 0.334 e. The number of hydrazine groups is 1. The first kappa shape index (κ1) is 13.1. The summed E-state index contributed by atoms with van der Waals surface area (Å²) in [6.07, 6.45) is 1.05. The van der Waals surface area contributed by atoms with Crippen molar-refractivity contribution in [1.29, 1.82) is 0 Å². The maximum Gasteiger partial charge on any atom is 0.214 e. The molecule has 3 rings (SSSR count). The van der Waals surface area contributed by atoms with Crippen molar-refractivity contribution in [2.75, 3.05) is 6.54 Å². The lowest BCUT2D eigenvalue weighted by atomic mass is 10.0. The molecule has 1 aliphatic heterocycles. The normalized spacial score (nSPS) is 18.8. The highest BCUT2D eigenvalue weighted by atomic mass is 32.1. The molecule has 2 aromatic rings. The van der Waals surface area contributed by atoms with Crippen LogP contribution < -0.4 is 11.3 Å². The molecule has 1 aliphatic rings. The van der Waals surface area contributed by atoms with Crippen LogP contribution in [-0.2, 0) is 6.42 Å². The molecule has 1 atom stereocenters. The van der Waals surface area contributed by atoms with Crippen LogP contribution in [0.3, 0.4) is 0 Å². The van der Waals surface area contributed by atoms with E-state index in [0.717, 1.165) is 24.6 Å². The van der Waals surface area contributed by atoms with Gasteiger partial charge in [-0.1, -0.05) is 18.2 Å². The maximum absolute atomic E-state index is 5.69. The molecule has 1 unspecified atom stereocenters. The van der Waals surface area contributed by atoms with Gasteiger partial charge in [-0.3, -0.25) is 5.43 Å². The van der Waals surface area contributed by atoms with Crippen LogP contribution in [0.2, 0.25) is 0 Å². The van der Waals surface area contributed by atoms with Crippen LogP contribution in [0.25, 0.3) is 0 Å². The number of thiophene rings is 1. The van der Waals surface area contributed by atoms with E-state index in [2.05, 4.69) is 33.7 Å². The summed E-state index contributed by atoms with van der Waals surface area (Å²) in [5.41, 5.74) is 5.05. The first-order chi connectivity index (χ1) is 9.79. The molecule has 0 saturated carbocycles. The number of nitrogens with one attached hydrogen (secondary N) is 1. The van der Waals surface area contributed by atoms with Gasteiger partial charge in [0.25, 0.3) is 0 Å². The Morgan fingerprint density at radius 1 is 1.35 bits per heavy atom. The Labute approximate surface area is 122 Å². The molecule has 1 aromatic carbocycles. The zero-order chi connectivity index (χ0) is 13.9. The molecule has 0 amide bonds. The number of hydrogen-bond donors (Lipinski definition) is 2. The van der Waals surface area contributed by atoms with Gasteiger partial charge in [0.05, 0.1) is 11.7 Å². The van der Waals surface area contributed by atoms with Crippen molar-refractivity contribution >= 4 is 23.0 Å². The van der Waals surface area contributed by atoms with Crippen LogP contribution in [0, 0.1) is 0 Å². The Balaban J connectivity index is 1.89. The van der Waals surface area contributed by atoms with Gasteiger partial charge in [-0.05, 0) is 42.5 Å². The van der Waals surface area contributed by atoms with Gasteiger partial charge in [0.15, 0.2) is 0 Å². The molecule has 2 heterocycles. The molecule has 104 valence electrons. The summed E-state index contributed by atoms with van der Waals surface area (Å²) in [5, 5.41) is 2.16. The van der Waals surface area contributed by atoms with E-state index in [1.807, 2.05) is 41.7 Å². The second-order valence-electron chi connectivity index (χ2n) is 4.83. The average molecular weight is 286 g/mol. The van der Waals surface area contributed by atoms with E-state index in [1.165, 1.54) is 10.4 Å². The number of nitrogens with two attached hydrogens (primary N) is 1. The minimum Gasteiger partial charge on any atom is -0.334 e. The Bertz CT molecular complexity index is 605. The molecular weight excluding hydrogens is 268 g/mol. The summed E-state index contributed by atoms with van der Waals surface area (Å²) in [4.78, 5) is 8.32. The van der Waals surface area contributed by atoms with Crippen molar-refractivity contribution in [2.24, 2.45) is 10.8 Å². The molecule has 0 aliphatic carbocycles. The Morgan fingerprint density at radius 3 is 2.90 bits per heavy atom. The molecule has 20 heavy (non-hydrogen) atoms. The summed E-state index contributed by atoms with van der Waals surface area (Å²) in [6.45, 7) is 3.13. The zero-order valence-electron chi connectivity index (χ0n) is 11.4. The first-order valence-electron chi connectivity index (χ1n) is 6.73. The highest BCUT2D eigenvalue weighted by Crippen LogP contribution is 2.33. The fourth-order valence-electron chi connectivity index (χ4n) is 2.60. The SMILES string of the molecule is CC1c2ccsc2CCN1C(=Nc1ccccc1)NN. The highest BCUT2D eigenvalue weighted by molar-refractivity contribution is 7.10. The molecular formula is C15H18N4S. The number of hydrogen-bond acceptors (Lipinski definition) is 3.